The molecule has 0 amide bonds. The molecule has 0 aliphatic rings. The third kappa shape index (κ3) is 76.9. The Kier molecular flexibility index (Phi) is 73.9. The molecule has 106 heavy (non-hydrogen) atoms. The largest absolute Gasteiger partial charge is 0.472 e. The summed E-state index contributed by atoms with van der Waals surface area (Å²) in [6.07, 6.45) is 90.9. The van der Waals surface area contributed by atoms with Gasteiger partial charge in [-0.05, 0) is 161 Å². The molecule has 0 bridgehead atoms. The van der Waals surface area contributed by atoms with E-state index in [0.717, 1.165) is 193 Å². The Hall–Kier alpha value is -5.32. The average Bonchev–Trinajstić information content (AvgIpc) is 0.901. The number of phosphoric ester groups is 2. The molecule has 0 aliphatic carbocycles. The number of carbonyl (C=O) groups excluding carboxylic acids is 4. The van der Waals surface area contributed by atoms with Crippen molar-refractivity contribution in [2.45, 2.75) is 329 Å². The van der Waals surface area contributed by atoms with Crippen LogP contribution < -0.4 is 0 Å². The summed E-state index contributed by atoms with van der Waals surface area (Å²) in [5.74, 6) is -2.29. The van der Waals surface area contributed by atoms with Crippen molar-refractivity contribution in [3.05, 3.63) is 158 Å². The van der Waals surface area contributed by atoms with Gasteiger partial charge in [0, 0.05) is 25.7 Å². The number of rotatable bonds is 75. The summed E-state index contributed by atoms with van der Waals surface area (Å²) in [7, 11) is -10.00. The monoisotopic (exact) mass is 1520 g/mol. The molecule has 0 saturated carbocycles. The maximum absolute atomic E-state index is 13.1. The number of esters is 4. The number of phosphoric acid groups is 2. The van der Waals surface area contributed by atoms with Gasteiger partial charge in [0.2, 0.25) is 0 Å². The fourth-order valence-corrected chi connectivity index (χ4v) is 11.9. The highest BCUT2D eigenvalue weighted by Crippen LogP contribution is 2.45. The second-order valence-electron chi connectivity index (χ2n) is 26.6. The Morgan fingerprint density at radius 3 is 0.830 bits per heavy atom. The Bertz CT molecular complexity index is 2630. The van der Waals surface area contributed by atoms with E-state index in [1.807, 2.05) is 12.2 Å². The molecular weight excluding hydrogens is 1380 g/mol. The fourth-order valence-electron chi connectivity index (χ4n) is 10.3. The SMILES string of the molecule is CC/C=C\C/C=C\C/C=C\C/C=C\C/C=C\CCCC(=O)OC(COC(=O)CCCCCCCC/C=C\C/C=C\C/C=C\C/C=C\CC)COP(=O)(O)OCC(O)COP(=O)(O)OCC(COC(=O)CCCCCCCC/C=C\C/C=C\C/C=C\CCCCC)OC(=O)CCCCCCC/C=C\CCCC. The highest BCUT2D eigenvalue weighted by atomic mass is 31.2. The number of unbranched alkanes of at least 4 members (excludes halogenated alkanes) is 23. The van der Waals surface area contributed by atoms with E-state index < -0.39 is 97.5 Å². The zero-order chi connectivity index (χ0) is 77.4. The minimum Gasteiger partial charge on any atom is -0.462 e. The zero-order valence-corrected chi connectivity index (χ0v) is 67.8. The molecule has 5 unspecified atom stereocenters. The van der Waals surface area contributed by atoms with Gasteiger partial charge in [0.25, 0.3) is 0 Å². The van der Waals surface area contributed by atoms with Crippen molar-refractivity contribution in [2.24, 2.45) is 0 Å². The van der Waals surface area contributed by atoms with Gasteiger partial charge in [-0.2, -0.15) is 0 Å². The van der Waals surface area contributed by atoms with Crippen LogP contribution >= 0.6 is 15.6 Å². The van der Waals surface area contributed by atoms with Gasteiger partial charge in [-0.25, -0.2) is 9.13 Å². The Labute approximate surface area is 642 Å². The highest BCUT2D eigenvalue weighted by molar-refractivity contribution is 7.47. The van der Waals surface area contributed by atoms with Gasteiger partial charge in [-0.1, -0.05) is 282 Å². The molecule has 0 fully saturated rings. The fraction of sp³-hybridized carbons (Fsp3) is 0.655. The van der Waals surface area contributed by atoms with Crippen LogP contribution in [0.15, 0.2) is 158 Å². The van der Waals surface area contributed by atoms with Crippen LogP contribution in [0.2, 0.25) is 0 Å². The number of carbonyl (C=O) groups is 4. The molecule has 0 spiro atoms. The number of ether oxygens (including phenoxy) is 4. The molecule has 0 radical (unpaired) electrons. The lowest BCUT2D eigenvalue weighted by Crippen LogP contribution is -2.30. The van der Waals surface area contributed by atoms with Crippen molar-refractivity contribution < 1.29 is 80.2 Å². The number of aliphatic hydroxyl groups is 1. The molecule has 19 heteroatoms. The van der Waals surface area contributed by atoms with E-state index in [9.17, 15) is 43.2 Å². The van der Waals surface area contributed by atoms with Gasteiger partial charge in [0.1, 0.15) is 19.3 Å². The highest BCUT2D eigenvalue weighted by Gasteiger charge is 2.30. The molecule has 0 heterocycles. The lowest BCUT2D eigenvalue weighted by molar-refractivity contribution is -0.161. The van der Waals surface area contributed by atoms with E-state index in [1.165, 1.54) is 32.1 Å². The van der Waals surface area contributed by atoms with Crippen molar-refractivity contribution in [3.63, 3.8) is 0 Å². The lowest BCUT2D eigenvalue weighted by Gasteiger charge is -2.21. The van der Waals surface area contributed by atoms with Crippen molar-refractivity contribution in [2.75, 3.05) is 39.6 Å². The number of hydrogen-bond donors (Lipinski definition) is 3. The van der Waals surface area contributed by atoms with E-state index >= 15 is 0 Å². The second-order valence-corrected chi connectivity index (χ2v) is 29.5. The summed E-state index contributed by atoms with van der Waals surface area (Å²) in [6.45, 7) is 4.48. The van der Waals surface area contributed by atoms with Crippen molar-refractivity contribution in [1.29, 1.82) is 0 Å². The summed E-state index contributed by atoms with van der Waals surface area (Å²) in [6, 6.07) is 0. The molecule has 604 valence electrons. The van der Waals surface area contributed by atoms with Crippen LogP contribution in [-0.2, 0) is 65.4 Å². The first-order valence-electron chi connectivity index (χ1n) is 40.7. The van der Waals surface area contributed by atoms with Crippen LogP contribution in [0.4, 0.5) is 0 Å². The third-order valence-electron chi connectivity index (χ3n) is 16.5. The number of aliphatic hydroxyl groups excluding tert-OH is 1. The Balaban J connectivity index is 5.41. The van der Waals surface area contributed by atoms with Gasteiger partial charge >= 0.3 is 39.5 Å². The molecule has 17 nitrogen and oxygen atoms in total. The summed E-state index contributed by atoms with van der Waals surface area (Å²) < 4.78 is 68.5. The zero-order valence-electron chi connectivity index (χ0n) is 66.1. The topological polar surface area (TPSA) is 237 Å². The quantitative estimate of drug-likeness (QED) is 0.0169. The minimum absolute atomic E-state index is 0.00792. The first-order chi connectivity index (χ1) is 51.7. The molecular formula is C87H144O17P2. The summed E-state index contributed by atoms with van der Waals surface area (Å²) in [4.78, 5) is 73.0. The number of allylic oxidation sites excluding steroid dienone is 26. The van der Waals surface area contributed by atoms with Crippen LogP contribution in [0, 0.1) is 0 Å². The van der Waals surface area contributed by atoms with Crippen LogP contribution in [0.1, 0.15) is 310 Å². The molecule has 0 aromatic rings. The average molecular weight is 1520 g/mol. The Morgan fingerprint density at radius 1 is 0.274 bits per heavy atom. The van der Waals surface area contributed by atoms with E-state index in [2.05, 4.69) is 174 Å². The standard InChI is InChI=1S/C87H144O17P2/c1-5-9-13-17-21-25-29-32-35-38-40-43-45-48-52-55-59-63-67-71-84(89)97-77-82(103-86(91)73-69-65-61-57-51-28-24-20-16-12-8-4)79-101-105(93,94)99-75-81(88)76-100-106(95,96)102-80-83(104-87(92)74-70-66-62-58-54-50-47-42-37-34-31-27-23-19-15-11-7-3)78-98-85(90)72-68-64-60-56-53-49-46-44-41-39-36-33-30-26-22-18-14-10-6-2/h10-11,14-15,20-27,32-37,40-41,43-44,47,50,58,62,81-83,88H,5-9,12-13,16-19,28-31,38-39,42,45-46,48-49,51-57,59-61,63-80H2,1-4H3,(H,93,94)(H,95,96)/b14-10-,15-11-,24-20-,25-21-,26-22-,27-23-,35-32-,36-33-,37-34-,43-40-,44-41-,50-47-,62-58-. The molecule has 3 N–H and O–H groups in total. The van der Waals surface area contributed by atoms with Gasteiger partial charge in [0.05, 0.1) is 26.4 Å². The first-order valence-corrected chi connectivity index (χ1v) is 43.7. The van der Waals surface area contributed by atoms with Crippen molar-refractivity contribution in [1.82, 2.24) is 0 Å². The molecule has 5 atom stereocenters. The van der Waals surface area contributed by atoms with Crippen molar-refractivity contribution in [3.8, 4) is 0 Å². The maximum atomic E-state index is 13.1. The first kappa shape index (κ1) is 101. The predicted octanol–water partition coefficient (Wildman–Crippen LogP) is 24.0. The molecule has 0 aromatic heterocycles. The van der Waals surface area contributed by atoms with Crippen LogP contribution in [-0.4, -0.2) is 96.7 Å². The lowest BCUT2D eigenvalue weighted by atomic mass is 10.1. The van der Waals surface area contributed by atoms with E-state index in [1.54, 1.807) is 0 Å². The minimum atomic E-state index is -5.00. The summed E-state index contributed by atoms with van der Waals surface area (Å²) in [5.41, 5.74) is 0. The maximum Gasteiger partial charge on any atom is 0.472 e. The van der Waals surface area contributed by atoms with E-state index in [0.29, 0.717) is 32.1 Å². The van der Waals surface area contributed by atoms with Gasteiger partial charge < -0.3 is 33.8 Å². The smallest absolute Gasteiger partial charge is 0.462 e. The van der Waals surface area contributed by atoms with Gasteiger partial charge in [-0.3, -0.25) is 37.3 Å². The third-order valence-corrected chi connectivity index (χ3v) is 18.4. The Morgan fingerprint density at radius 2 is 0.509 bits per heavy atom. The van der Waals surface area contributed by atoms with E-state index in [-0.39, 0.29) is 25.7 Å². The molecule has 0 saturated heterocycles. The second kappa shape index (κ2) is 77.8. The number of hydrogen-bond acceptors (Lipinski definition) is 15. The van der Waals surface area contributed by atoms with Crippen molar-refractivity contribution >= 4 is 39.5 Å². The molecule has 0 rings (SSSR count). The molecule has 0 aliphatic heterocycles. The van der Waals surface area contributed by atoms with Crippen LogP contribution in [0.5, 0.6) is 0 Å². The van der Waals surface area contributed by atoms with Gasteiger partial charge in [0.15, 0.2) is 12.2 Å². The molecule has 0 aromatic carbocycles. The predicted molar refractivity (Wildman–Crippen MR) is 436 cm³/mol. The normalized spacial score (nSPS) is 14.7. The van der Waals surface area contributed by atoms with Crippen LogP contribution in [0.3, 0.4) is 0 Å². The van der Waals surface area contributed by atoms with E-state index in [4.69, 9.17) is 37.0 Å². The van der Waals surface area contributed by atoms with Crippen LogP contribution in [0.25, 0.3) is 0 Å². The summed E-state index contributed by atoms with van der Waals surface area (Å²) >= 11 is 0. The van der Waals surface area contributed by atoms with Gasteiger partial charge in [-0.15, -0.1) is 0 Å². The summed E-state index contributed by atoms with van der Waals surface area (Å²) in [5, 5.41) is 10.6.